The fraction of sp³-hybridized carbons (Fsp3) is 0.667. The SMILES string of the molecule is Cl.O=C(O)CCCCN1CCCC1CC(O)c1cccs1. The second kappa shape index (κ2) is 9.41. The van der Waals surface area contributed by atoms with Crippen molar-refractivity contribution >= 4 is 29.7 Å². The Morgan fingerprint density at radius 2 is 2.29 bits per heavy atom. The zero-order valence-corrected chi connectivity index (χ0v) is 13.7. The van der Waals surface area contributed by atoms with Crippen LogP contribution in [0.4, 0.5) is 0 Å². The number of unbranched alkanes of at least 4 members (excludes halogenated alkanes) is 1. The highest BCUT2D eigenvalue weighted by Crippen LogP contribution is 2.29. The van der Waals surface area contributed by atoms with Gasteiger partial charge in [0.1, 0.15) is 0 Å². The number of nitrogens with zero attached hydrogens (tertiary/aromatic N) is 1. The third-order valence-electron chi connectivity index (χ3n) is 3.95. The molecule has 1 aromatic rings. The molecule has 1 fully saturated rings. The molecule has 2 atom stereocenters. The van der Waals surface area contributed by atoms with E-state index < -0.39 is 5.97 Å². The van der Waals surface area contributed by atoms with E-state index in [0.29, 0.717) is 6.04 Å². The number of thiophene rings is 1. The number of carbonyl (C=O) groups is 1. The fourth-order valence-electron chi connectivity index (χ4n) is 2.90. The van der Waals surface area contributed by atoms with E-state index in [9.17, 15) is 9.90 Å². The number of hydrogen-bond donors (Lipinski definition) is 2. The van der Waals surface area contributed by atoms with Gasteiger partial charge >= 0.3 is 5.97 Å². The molecule has 1 aliphatic heterocycles. The van der Waals surface area contributed by atoms with Gasteiger partial charge in [-0.25, -0.2) is 0 Å². The van der Waals surface area contributed by atoms with Crippen LogP contribution in [-0.2, 0) is 4.79 Å². The third kappa shape index (κ3) is 5.94. The molecule has 2 unspecified atom stereocenters. The molecule has 0 saturated carbocycles. The highest BCUT2D eigenvalue weighted by Gasteiger charge is 2.26. The lowest BCUT2D eigenvalue weighted by Crippen LogP contribution is -2.31. The molecule has 0 bridgehead atoms. The monoisotopic (exact) mass is 333 g/mol. The van der Waals surface area contributed by atoms with E-state index in [0.717, 1.165) is 43.6 Å². The van der Waals surface area contributed by atoms with Crippen molar-refractivity contribution in [3.63, 3.8) is 0 Å². The number of aliphatic hydroxyl groups excluding tert-OH is 1. The zero-order valence-electron chi connectivity index (χ0n) is 12.1. The van der Waals surface area contributed by atoms with Crippen LogP contribution in [0.25, 0.3) is 0 Å². The zero-order chi connectivity index (χ0) is 14.4. The number of rotatable bonds is 8. The first-order valence-electron chi connectivity index (χ1n) is 7.34. The molecular formula is C15H24ClNO3S. The first-order chi connectivity index (χ1) is 9.66. The van der Waals surface area contributed by atoms with E-state index >= 15 is 0 Å². The highest BCUT2D eigenvalue weighted by atomic mass is 35.5. The van der Waals surface area contributed by atoms with Gasteiger partial charge in [0, 0.05) is 17.3 Å². The summed E-state index contributed by atoms with van der Waals surface area (Å²) >= 11 is 1.61. The number of carboxylic acids is 1. The molecule has 0 aromatic carbocycles. The maximum atomic E-state index is 10.5. The molecular weight excluding hydrogens is 310 g/mol. The van der Waals surface area contributed by atoms with E-state index in [-0.39, 0.29) is 24.9 Å². The van der Waals surface area contributed by atoms with Crippen LogP contribution in [0, 0.1) is 0 Å². The minimum absolute atomic E-state index is 0. The summed E-state index contributed by atoms with van der Waals surface area (Å²) in [7, 11) is 0. The van der Waals surface area contributed by atoms with Gasteiger partial charge in [-0.1, -0.05) is 6.07 Å². The van der Waals surface area contributed by atoms with Crippen LogP contribution in [0.5, 0.6) is 0 Å². The maximum Gasteiger partial charge on any atom is 0.303 e. The van der Waals surface area contributed by atoms with Gasteiger partial charge in [0.2, 0.25) is 0 Å². The van der Waals surface area contributed by atoms with Crippen LogP contribution in [0.15, 0.2) is 17.5 Å². The topological polar surface area (TPSA) is 60.8 Å². The molecule has 1 aromatic heterocycles. The maximum absolute atomic E-state index is 10.5. The van der Waals surface area contributed by atoms with Crippen molar-refractivity contribution in [2.75, 3.05) is 13.1 Å². The molecule has 120 valence electrons. The van der Waals surface area contributed by atoms with Crippen molar-refractivity contribution < 1.29 is 15.0 Å². The molecule has 2 N–H and O–H groups in total. The first kappa shape index (κ1) is 18.4. The molecule has 0 spiro atoms. The molecule has 0 radical (unpaired) electrons. The summed E-state index contributed by atoms with van der Waals surface area (Å²) in [5, 5.41) is 20.9. The second-order valence-electron chi connectivity index (χ2n) is 5.45. The Kier molecular flexibility index (Phi) is 8.26. The lowest BCUT2D eigenvalue weighted by molar-refractivity contribution is -0.137. The summed E-state index contributed by atoms with van der Waals surface area (Å²) in [6, 6.07) is 4.40. The summed E-state index contributed by atoms with van der Waals surface area (Å²) < 4.78 is 0. The van der Waals surface area contributed by atoms with E-state index in [4.69, 9.17) is 5.11 Å². The number of aliphatic hydroxyl groups is 1. The van der Waals surface area contributed by atoms with Crippen LogP contribution in [-0.4, -0.2) is 40.2 Å². The Hall–Kier alpha value is -0.620. The van der Waals surface area contributed by atoms with Gasteiger partial charge in [-0.15, -0.1) is 23.7 Å². The Labute approximate surface area is 136 Å². The predicted molar refractivity (Wildman–Crippen MR) is 87.2 cm³/mol. The average Bonchev–Trinajstić information content (AvgIpc) is 3.06. The fourth-order valence-corrected chi connectivity index (χ4v) is 3.63. The quantitative estimate of drug-likeness (QED) is 0.716. The third-order valence-corrected chi connectivity index (χ3v) is 4.93. The summed E-state index contributed by atoms with van der Waals surface area (Å²) in [4.78, 5) is 14.0. The molecule has 2 heterocycles. The van der Waals surface area contributed by atoms with E-state index in [2.05, 4.69) is 4.90 Å². The molecule has 1 saturated heterocycles. The number of likely N-dealkylation sites (tertiary alicyclic amines) is 1. The Morgan fingerprint density at radius 3 is 2.95 bits per heavy atom. The van der Waals surface area contributed by atoms with Gasteiger partial charge in [0.05, 0.1) is 6.10 Å². The van der Waals surface area contributed by atoms with Crippen molar-refractivity contribution in [2.24, 2.45) is 0 Å². The predicted octanol–water partition coefficient (Wildman–Crippen LogP) is 3.31. The number of aliphatic carboxylic acids is 1. The van der Waals surface area contributed by atoms with Gasteiger partial charge in [0.25, 0.3) is 0 Å². The molecule has 6 heteroatoms. The molecule has 21 heavy (non-hydrogen) atoms. The highest BCUT2D eigenvalue weighted by molar-refractivity contribution is 7.10. The van der Waals surface area contributed by atoms with Crippen molar-refractivity contribution in [1.82, 2.24) is 4.90 Å². The van der Waals surface area contributed by atoms with Crippen LogP contribution < -0.4 is 0 Å². The lowest BCUT2D eigenvalue weighted by atomic mass is 10.1. The molecule has 0 aliphatic carbocycles. The molecule has 0 amide bonds. The average molecular weight is 334 g/mol. The van der Waals surface area contributed by atoms with Gasteiger partial charge in [0.15, 0.2) is 0 Å². The van der Waals surface area contributed by atoms with Crippen LogP contribution in [0.2, 0.25) is 0 Å². The van der Waals surface area contributed by atoms with Crippen LogP contribution >= 0.6 is 23.7 Å². The van der Waals surface area contributed by atoms with Crippen LogP contribution in [0.3, 0.4) is 0 Å². The smallest absolute Gasteiger partial charge is 0.303 e. The number of carboxylic acid groups (broad SMARTS) is 1. The number of halogens is 1. The van der Waals surface area contributed by atoms with Gasteiger partial charge in [-0.05, 0) is 56.6 Å². The van der Waals surface area contributed by atoms with E-state index in [1.54, 1.807) is 11.3 Å². The summed E-state index contributed by atoms with van der Waals surface area (Å²) in [5.74, 6) is -0.712. The Balaban J connectivity index is 0.00000220. The van der Waals surface area contributed by atoms with Gasteiger partial charge in [-0.2, -0.15) is 0 Å². The minimum Gasteiger partial charge on any atom is -0.481 e. The largest absolute Gasteiger partial charge is 0.481 e. The van der Waals surface area contributed by atoms with Gasteiger partial charge < -0.3 is 15.1 Å². The second-order valence-corrected chi connectivity index (χ2v) is 6.43. The summed E-state index contributed by atoms with van der Waals surface area (Å²) in [6.45, 7) is 2.03. The minimum atomic E-state index is -0.712. The van der Waals surface area contributed by atoms with Crippen molar-refractivity contribution in [3.8, 4) is 0 Å². The van der Waals surface area contributed by atoms with Crippen molar-refractivity contribution in [2.45, 2.75) is 50.7 Å². The van der Waals surface area contributed by atoms with Crippen molar-refractivity contribution in [1.29, 1.82) is 0 Å². The molecule has 4 nitrogen and oxygen atoms in total. The first-order valence-corrected chi connectivity index (χ1v) is 8.22. The van der Waals surface area contributed by atoms with E-state index in [1.807, 2.05) is 17.5 Å². The Bertz CT molecular complexity index is 413. The summed E-state index contributed by atoms with van der Waals surface area (Å²) in [5.41, 5.74) is 0. The normalized spacial score (nSPS) is 20.1. The van der Waals surface area contributed by atoms with Crippen LogP contribution in [0.1, 0.15) is 49.5 Å². The van der Waals surface area contributed by atoms with Crippen molar-refractivity contribution in [3.05, 3.63) is 22.4 Å². The van der Waals surface area contributed by atoms with Gasteiger partial charge in [-0.3, -0.25) is 4.79 Å². The molecule has 1 aliphatic rings. The number of hydrogen-bond acceptors (Lipinski definition) is 4. The standard InChI is InChI=1S/C15H23NO3S.ClH/c17-13(14-6-4-10-20-14)11-12-5-3-9-16(12)8-2-1-7-15(18)19;/h4,6,10,12-13,17H,1-3,5,7-9,11H2,(H,18,19);1H. The Morgan fingerprint density at radius 1 is 1.48 bits per heavy atom. The molecule has 2 rings (SSSR count). The van der Waals surface area contributed by atoms with E-state index in [1.165, 1.54) is 6.42 Å². The summed E-state index contributed by atoms with van der Waals surface area (Å²) in [6.07, 6.45) is 4.68. The lowest BCUT2D eigenvalue weighted by Gasteiger charge is -2.26.